The number of carbonyl (C=O) groups excluding carboxylic acids is 1. The van der Waals surface area contributed by atoms with Crippen LogP contribution in [-0.4, -0.2) is 31.5 Å². The van der Waals surface area contributed by atoms with Gasteiger partial charge in [0, 0.05) is 13.1 Å². The molecular weight excluding hydrogens is 360 g/mol. The summed E-state index contributed by atoms with van der Waals surface area (Å²) in [4.78, 5) is 27.5. The number of amides is 1. The van der Waals surface area contributed by atoms with Crippen LogP contribution in [0.3, 0.4) is 0 Å². The van der Waals surface area contributed by atoms with Crippen molar-refractivity contribution in [1.82, 2.24) is 19.1 Å². The molecule has 6 nitrogen and oxygen atoms in total. The average Bonchev–Trinajstić information content (AvgIpc) is 3.26. The third-order valence-corrected chi connectivity index (χ3v) is 6.09. The van der Waals surface area contributed by atoms with Crippen LogP contribution in [0.1, 0.15) is 17.0 Å². The predicted octanol–water partition coefficient (Wildman–Crippen LogP) is 2.60. The van der Waals surface area contributed by atoms with E-state index < -0.39 is 0 Å². The number of hydrogen-bond donors (Lipinski definition) is 0. The van der Waals surface area contributed by atoms with Gasteiger partial charge in [0.1, 0.15) is 17.9 Å². The number of nitrogens with zero attached hydrogens (tertiary/aromatic N) is 4. The Balaban J connectivity index is 1.47. The fourth-order valence-corrected chi connectivity index (χ4v) is 4.68. The topological polar surface area (TPSA) is 59.6 Å². The van der Waals surface area contributed by atoms with E-state index in [2.05, 4.69) is 17.2 Å². The summed E-state index contributed by atoms with van der Waals surface area (Å²) < 4.78 is 4.22. The SMILES string of the molecule is Cc1nn(CC(=O)N2CCc3ccccc3C2)c(=O)c2cc3sccc3n12. The first kappa shape index (κ1) is 16.3. The third-order valence-electron chi connectivity index (χ3n) is 5.23. The smallest absolute Gasteiger partial charge is 0.291 e. The molecule has 136 valence electrons. The van der Waals surface area contributed by atoms with Crippen LogP contribution in [0.4, 0.5) is 0 Å². The second-order valence-electron chi connectivity index (χ2n) is 6.88. The van der Waals surface area contributed by atoms with Gasteiger partial charge in [-0.15, -0.1) is 11.3 Å². The molecular formula is C20H18N4O2S. The van der Waals surface area contributed by atoms with E-state index in [1.165, 1.54) is 15.8 Å². The lowest BCUT2D eigenvalue weighted by molar-refractivity contribution is -0.133. The summed E-state index contributed by atoms with van der Waals surface area (Å²) in [5, 5.41) is 6.41. The maximum Gasteiger partial charge on any atom is 0.291 e. The Kier molecular flexibility index (Phi) is 3.65. The van der Waals surface area contributed by atoms with Gasteiger partial charge in [-0.1, -0.05) is 24.3 Å². The van der Waals surface area contributed by atoms with Gasteiger partial charge in [0.2, 0.25) is 5.91 Å². The minimum atomic E-state index is -0.227. The summed E-state index contributed by atoms with van der Waals surface area (Å²) in [6.45, 7) is 3.09. The zero-order chi connectivity index (χ0) is 18.5. The molecule has 1 aliphatic heterocycles. The molecule has 0 spiro atoms. The maximum absolute atomic E-state index is 12.9. The van der Waals surface area contributed by atoms with Crippen LogP contribution < -0.4 is 5.56 Å². The molecule has 1 amide bonds. The lowest BCUT2D eigenvalue weighted by Crippen LogP contribution is -2.40. The van der Waals surface area contributed by atoms with Crippen molar-refractivity contribution >= 4 is 33.0 Å². The van der Waals surface area contributed by atoms with E-state index >= 15 is 0 Å². The van der Waals surface area contributed by atoms with Gasteiger partial charge < -0.3 is 4.90 Å². The van der Waals surface area contributed by atoms with Crippen molar-refractivity contribution in [2.24, 2.45) is 0 Å². The molecule has 0 fully saturated rings. The van der Waals surface area contributed by atoms with Crippen molar-refractivity contribution < 1.29 is 4.79 Å². The minimum absolute atomic E-state index is 0.0306. The Bertz CT molecular complexity index is 1250. The van der Waals surface area contributed by atoms with Crippen molar-refractivity contribution in [2.75, 3.05) is 6.54 Å². The molecule has 5 rings (SSSR count). The van der Waals surface area contributed by atoms with Crippen LogP contribution >= 0.6 is 11.3 Å². The molecule has 3 aromatic heterocycles. The van der Waals surface area contributed by atoms with Crippen LogP contribution in [0.5, 0.6) is 0 Å². The lowest BCUT2D eigenvalue weighted by atomic mass is 10.00. The van der Waals surface area contributed by atoms with E-state index in [9.17, 15) is 9.59 Å². The number of benzene rings is 1. The fourth-order valence-electron chi connectivity index (χ4n) is 3.87. The summed E-state index contributed by atoms with van der Waals surface area (Å²) in [6, 6.07) is 12.1. The molecule has 0 unspecified atom stereocenters. The predicted molar refractivity (Wildman–Crippen MR) is 105 cm³/mol. The van der Waals surface area contributed by atoms with Gasteiger partial charge in [0.05, 0.1) is 10.2 Å². The zero-order valence-corrected chi connectivity index (χ0v) is 15.7. The van der Waals surface area contributed by atoms with Crippen LogP contribution in [0.25, 0.3) is 15.7 Å². The van der Waals surface area contributed by atoms with Crippen molar-refractivity contribution in [1.29, 1.82) is 0 Å². The fraction of sp³-hybridized carbons (Fsp3) is 0.250. The van der Waals surface area contributed by atoms with Gasteiger partial charge in [-0.3, -0.25) is 14.0 Å². The molecule has 1 aliphatic rings. The summed E-state index contributed by atoms with van der Waals surface area (Å²) in [7, 11) is 0. The highest BCUT2D eigenvalue weighted by Crippen LogP contribution is 2.24. The number of hydrogen-bond acceptors (Lipinski definition) is 4. The Morgan fingerprint density at radius 2 is 2.00 bits per heavy atom. The third kappa shape index (κ3) is 2.57. The minimum Gasteiger partial charge on any atom is -0.336 e. The quantitative estimate of drug-likeness (QED) is 0.539. The largest absolute Gasteiger partial charge is 0.336 e. The second-order valence-corrected chi connectivity index (χ2v) is 7.83. The van der Waals surface area contributed by atoms with Crippen molar-refractivity contribution in [3.8, 4) is 0 Å². The van der Waals surface area contributed by atoms with Crippen LogP contribution in [0, 0.1) is 6.92 Å². The highest BCUT2D eigenvalue weighted by atomic mass is 32.1. The molecule has 0 saturated carbocycles. The molecule has 0 atom stereocenters. The number of aryl methyl sites for hydroxylation is 1. The molecule has 0 radical (unpaired) electrons. The molecule has 27 heavy (non-hydrogen) atoms. The zero-order valence-electron chi connectivity index (χ0n) is 14.9. The highest BCUT2D eigenvalue weighted by Gasteiger charge is 2.22. The first-order valence-electron chi connectivity index (χ1n) is 8.93. The summed E-state index contributed by atoms with van der Waals surface area (Å²) >= 11 is 1.59. The van der Waals surface area contributed by atoms with Crippen molar-refractivity contribution in [3.05, 3.63) is 69.1 Å². The van der Waals surface area contributed by atoms with E-state index in [0.29, 0.717) is 24.4 Å². The molecule has 4 heterocycles. The van der Waals surface area contributed by atoms with Crippen LogP contribution in [-0.2, 0) is 24.3 Å². The van der Waals surface area contributed by atoms with Gasteiger partial charge >= 0.3 is 0 Å². The van der Waals surface area contributed by atoms with Gasteiger partial charge in [0.15, 0.2) is 0 Å². The van der Waals surface area contributed by atoms with Gasteiger partial charge in [-0.2, -0.15) is 5.10 Å². The monoisotopic (exact) mass is 378 g/mol. The number of fused-ring (bicyclic) bond motifs is 4. The Hall–Kier alpha value is -2.93. The maximum atomic E-state index is 12.9. The Morgan fingerprint density at radius 1 is 1.19 bits per heavy atom. The molecule has 0 bridgehead atoms. The van der Waals surface area contributed by atoms with Crippen LogP contribution in [0.2, 0.25) is 0 Å². The molecule has 7 heteroatoms. The van der Waals surface area contributed by atoms with Crippen molar-refractivity contribution in [2.45, 2.75) is 26.4 Å². The van der Waals surface area contributed by atoms with Gasteiger partial charge in [-0.05, 0) is 42.0 Å². The summed E-state index contributed by atoms with van der Waals surface area (Å²) in [6.07, 6.45) is 0.845. The van der Waals surface area contributed by atoms with E-state index in [1.54, 1.807) is 11.3 Å². The summed E-state index contributed by atoms with van der Waals surface area (Å²) in [5.41, 5.74) is 3.80. The highest BCUT2D eigenvalue weighted by molar-refractivity contribution is 7.17. The first-order valence-corrected chi connectivity index (χ1v) is 9.81. The molecule has 1 aromatic carbocycles. The molecule has 0 saturated heterocycles. The first-order chi connectivity index (χ1) is 13.1. The van der Waals surface area contributed by atoms with E-state index in [0.717, 1.165) is 16.6 Å². The van der Waals surface area contributed by atoms with E-state index in [-0.39, 0.29) is 18.0 Å². The summed E-state index contributed by atoms with van der Waals surface area (Å²) in [5.74, 6) is 0.631. The van der Waals surface area contributed by atoms with Crippen molar-refractivity contribution in [3.63, 3.8) is 0 Å². The van der Waals surface area contributed by atoms with Gasteiger partial charge in [-0.25, -0.2) is 4.68 Å². The van der Waals surface area contributed by atoms with E-state index in [4.69, 9.17) is 0 Å². The Morgan fingerprint density at radius 3 is 2.85 bits per heavy atom. The Labute approximate surface area is 159 Å². The normalized spacial score (nSPS) is 14.0. The second kappa shape index (κ2) is 6.06. The number of carbonyl (C=O) groups is 1. The number of thiophene rings is 1. The number of rotatable bonds is 2. The number of aromatic nitrogens is 3. The molecule has 4 aromatic rings. The van der Waals surface area contributed by atoms with E-state index in [1.807, 2.05) is 45.9 Å². The lowest BCUT2D eigenvalue weighted by Gasteiger charge is -2.29. The molecule has 0 aliphatic carbocycles. The average molecular weight is 378 g/mol. The van der Waals surface area contributed by atoms with Crippen LogP contribution in [0.15, 0.2) is 46.6 Å². The van der Waals surface area contributed by atoms with Gasteiger partial charge in [0.25, 0.3) is 5.56 Å². The standard InChI is InChI=1S/C20H18N4O2S/c1-13-21-23(20(26)17-10-18-16(24(13)17)7-9-27-18)12-19(25)22-8-6-14-4-2-3-5-15(14)11-22/h2-5,7,9-10H,6,8,11-12H2,1H3. The molecule has 0 N–H and O–H groups in total.